The van der Waals surface area contributed by atoms with Crippen molar-refractivity contribution in [3.05, 3.63) is 24.3 Å². The first-order valence-electron chi connectivity index (χ1n) is 4.46. The predicted molar refractivity (Wildman–Crippen MR) is 66.7 cm³/mol. The molecule has 1 radical (unpaired) electrons. The zero-order valence-electron chi connectivity index (χ0n) is 10.3. The van der Waals surface area contributed by atoms with Gasteiger partial charge in [-0.05, 0) is 12.1 Å². The summed E-state index contributed by atoms with van der Waals surface area (Å²) in [6.07, 6.45) is 0.878. The van der Waals surface area contributed by atoms with Crippen molar-refractivity contribution < 1.29 is 25.8 Å². The third-order valence-electron chi connectivity index (χ3n) is 1.69. The van der Waals surface area contributed by atoms with Crippen LogP contribution in [0.4, 0.5) is 0 Å². The summed E-state index contributed by atoms with van der Waals surface area (Å²) in [6, 6.07) is 5.22. The van der Waals surface area contributed by atoms with Crippen LogP contribution < -0.4 is 4.18 Å². The van der Waals surface area contributed by atoms with Crippen LogP contribution in [0.15, 0.2) is 29.2 Å². The molecule has 0 fully saturated rings. The molecule has 0 saturated carbocycles. The summed E-state index contributed by atoms with van der Waals surface area (Å²) in [7, 11) is -6.00. The van der Waals surface area contributed by atoms with Gasteiger partial charge in [0, 0.05) is 42.7 Å². The van der Waals surface area contributed by atoms with Gasteiger partial charge in [-0.15, -0.1) is 0 Å². The molecule has 1 rings (SSSR count). The van der Waals surface area contributed by atoms with Crippen LogP contribution in [-0.2, 0) is 24.7 Å². The van der Waals surface area contributed by atoms with E-state index < -0.39 is 25.9 Å². The van der Waals surface area contributed by atoms with Crippen molar-refractivity contribution in [2.24, 2.45) is 0 Å². The fourth-order valence-corrected chi connectivity index (χ4v) is 2.60. The van der Waals surface area contributed by atoms with Gasteiger partial charge in [-0.1, -0.05) is 6.07 Å². The molecule has 0 aromatic heterocycles. The maximum atomic E-state index is 11.6. The van der Waals surface area contributed by atoms with Gasteiger partial charge in [-0.2, -0.15) is 8.42 Å². The molecule has 0 bridgehead atoms. The first-order chi connectivity index (χ1) is 7.74. The normalized spacial score (nSPS) is 11.7. The number of sulfone groups is 1. The molecule has 0 aliphatic carbocycles. The van der Waals surface area contributed by atoms with E-state index in [1.54, 1.807) is 0 Å². The summed E-state index contributed by atoms with van der Waals surface area (Å²) in [6.45, 7) is 0. The summed E-state index contributed by atoms with van der Waals surface area (Å²) >= 11 is 0. The van der Waals surface area contributed by atoms with Crippen LogP contribution >= 0.6 is 0 Å². The molecule has 0 aliphatic heterocycles. The van der Waals surface area contributed by atoms with E-state index >= 15 is 0 Å². The van der Waals surface area contributed by atoms with Gasteiger partial charge < -0.3 is 8.92 Å². The number of ether oxygens (including phenoxy) is 1. The van der Waals surface area contributed by atoms with E-state index in [0.717, 1.165) is 12.3 Å². The first-order valence-corrected chi connectivity index (χ1v) is 7.93. The fourth-order valence-electron chi connectivity index (χ4n) is 1.12. The maximum Gasteiger partial charge on any atom is 0.306 e. The van der Waals surface area contributed by atoms with E-state index in [9.17, 15) is 16.8 Å². The minimum absolute atomic E-state index is 0. The van der Waals surface area contributed by atoms with E-state index in [0.29, 0.717) is 0 Å². The Balaban J connectivity index is 0.00000289. The van der Waals surface area contributed by atoms with Crippen LogP contribution in [0.1, 0.15) is 0 Å². The van der Waals surface area contributed by atoms with Crippen molar-refractivity contribution in [1.82, 2.24) is 0 Å². The molecular weight excluding hydrogens is 291 g/mol. The van der Waals surface area contributed by atoms with Gasteiger partial charge in [0.1, 0.15) is 5.75 Å². The molecule has 0 saturated heterocycles. The standard InChI is InChI=1S/C9H12O6S2.Na/c1-14-7-17(12,13)9-5-3-4-8(6-9)15-16(2,10)11;/h3-6H,7H2,1-2H3;. The van der Waals surface area contributed by atoms with Crippen LogP contribution in [0.2, 0.25) is 0 Å². The summed E-state index contributed by atoms with van der Waals surface area (Å²) in [5.41, 5.74) is 0. The van der Waals surface area contributed by atoms with Crippen LogP contribution in [0.25, 0.3) is 0 Å². The van der Waals surface area contributed by atoms with E-state index in [1.165, 1.54) is 25.3 Å². The molecule has 0 heterocycles. The summed E-state index contributed by atoms with van der Waals surface area (Å²) in [5, 5.41) is 0. The number of hydrogen-bond acceptors (Lipinski definition) is 6. The molecule has 0 unspecified atom stereocenters. The molecule has 0 N–H and O–H groups in total. The van der Waals surface area contributed by atoms with Crippen molar-refractivity contribution in [1.29, 1.82) is 0 Å². The second-order valence-electron chi connectivity index (χ2n) is 3.28. The molecule has 0 atom stereocenters. The molecule has 0 amide bonds. The quantitative estimate of drug-likeness (QED) is 0.563. The Kier molecular flexibility index (Phi) is 6.83. The van der Waals surface area contributed by atoms with E-state index in [-0.39, 0.29) is 40.2 Å². The van der Waals surface area contributed by atoms with Gasteiger partial charge in [0.2, 0.25) is 9.84 Å². The second kappa shape index (κ2) is 6.88. The average molecular weight is 303 g/mol. The molecular formula is C9H12NaO6S2. The summed E-state index contributed by atoms with van der Waals surface area (Å²) in [4.78, 5) is -0.0551. The van der Waals surface area contributed by atoms with Crippen molar-refractivity contribution in [2.45, 2.75) is 4.90 Å². The van der Waals surface area contributed by atoms with Crippen LogP contribution in [0.5, 0.6) is 5.75 Å². The molecule has 6 nitrogen and oxygen atoms in total. The van der Waals surface area contributed by atoms with Gasteiger partial charge in [0.15, 0.2) is 5.94 Å². The number of rotatable bonds is 5. The van der Waals surface area contributed by atoms with Gasteiger partial charge in [0.25, 0.3) is 0 Å². The third-order valence-corrected chi connectivity index (χ3v) is 3.70. The Morgan fingerprint density at radius 1 is 1.17 bits per heavy atom. The topological polar surface area (TPSA) is 86.7 Å². The Morgan fingerprint density at radius 3 is 2.28 bits per heavy atom. The van der Waals surface area contributed by atoms with Gasteiger partial charge in [0.05, 0.1) is 11.2 Å². The largest absolute Gasteiger partial charge is 0.383 e. The molecule has 1 aromatic carbocycles. The molecule has 1 aromatic rings. The molecule has 18 heavy (non-hydrogen) atoms. The van der Waals surface area contributed by atoms with E-state index in [1.807, 2.05) is 0 Å². The van der Waals surface area contributed by atoms with Crippen LogP contribution in [0, 0.1) is 0 Å². The van der Waals surface area contributed by atoms with E-state index in [2.05, 4.69) is 8.92 Å². The Labute approximate surface area is 129 Å². The monoisotopic (exact) mass is 303 g/mol. The zero-order valence-corrected chi connectivity index (χ0v) is 13.9. The minimum Gasteiger partial charge on any atom is -0.383 e. The second-order valence-corrected chi connectivity index (χ2v) is 6.80. The van der Waals surface area contributed by atoms with Gasteiger partial charge in [-0.3, -0.25) is 0 Å². The zero-order chi connectivity index (χ0) is 13.1. The average Bonchev–Trinajstić information content (AvgIpc) is 2.15. The summed E-state index contributed by atoms with van der Waals surface area (Å²) < 4.78 is 54.2. The molecule has 97 valence electrons. The first kappa shape index (κ1) is 17.9. The van der Waals surface area contributed by atoms with E-state index in [4.69, 9.17) is 0 Å². The van der Waals surface area contributed by atoms with Gasteiger partial charge >= 0.3 is 10.1 Å². The molecule has 0 aliphatic rings. The SMILES string of the molecule is COCS(=O)(=O)c1cccc(OS(C)(=O)=O)c1.[Na]. The number of benzene rings is 1. The Morgan fingerprint density at radius 2 is 1.78 bits per heavy atom. The third kappa shape index (κ3) is 5.68. The van der Waals surface area contributed by atoms with Gasteiger partial charge in [-0.25, -0.2) is 8.42 Å². The summed E-state index contributed by atoms with van der Waals surface area (Å²) in [5.74, 6) is -0.528. The molecule has 0 spiro atoms. The number of methoxy groups -OCH3 is 1. The fraction of sp³-hybridized carbons (Fsp3) is 0.333. The van der Waals surface area contributed by atoms with Crippen molar-refractivity contribution in [3.8, 4) is 5.75 Å². The van der Waals surface area contributed by atoms with Crippen molar-refractivity contribution in [2.75, 3.05) is 19.3 Å². The van der Waals surface area contributed by atoms with Crippen LogP contribution in [-0.4, -0.2) is 65.7 Å². The molecule has 9 heteroatoms. The van der Waals surface area contributed by atoms with Crippen molar-refractivity contribution >= 4 is 49.5 Å². The maximum absolute atomic E-state index is 11.6. The number of hydrogen-bond donors (Lipinski definition) is 0. The Bertz CT molecular complexity index is 593. The Hall–Kier alpha value is -0.120. The van der Waals surface area contributed by atoms with Crippen LogP contribution in [0.3, 0.4) is 0 Å². The smallest absolute Gasteiger partial charge is 0.306 e. The minimum atomic E-state index is -3.68. The van der Waals surface area contributed by atoms with Crippen molar-refractivity contribution in [3.63, 3.8) is 0 Å². The predicted octanol–water partition coefficient (Wildman–Crippen LogP) is 0.0218.